The summed E-state index contributed by atoms with van der Waals surface area (Å²) in [6.45, 7) is 8.49. The second kappa shape index (κ2) is 5.22. The third-order valence-corrected chi connectivity index (χ3v) is 2.06. The zero-order valence-electron chi connectivity index (χ0n) is 8.78. The number of nitrogens with one attached hydrogen (secondary N) is 1. The summed E-state index contributed by atoms with van der Waals surface area (Å²) in [7, 11) is 0. The average molecular weight is 167 g/mol. The minimum absolute atomic E-state index is 0.157. The monoisotopic (exact) mass is 167 g/mol. The van der Waals surface area contributed by atoms with Gasteiger partial charge in [0.1, 0.15) is 0 Å². The number of hydrogen-bond acceptors (Lipinski definition) is 1. The van der Waals surface area contributed by atoms with Crippen molar-refractivity contribution in [2.75, 3.05) is 0 Å². The molecule has 0 heterocycles. The predicted molar refractivity (Wildman–Crippen MR) is 55.0 cm³/mol. The molecule has 0 fully saturated rings. The number of rotatable bonds is 5. The maximum atomic E-state index is 5.39. The van der Waals surface area contributed by atoms with E-state index in [1.807, 2.05) is 13.8 Å². The molecule has 1 nitrogen and oxygen atoms in total. The Balaban J connectivity index is 3.94. The molecule has 0 aromatic rings. The highest BCUT2D eigenvalue weighted by molar-refractivity contribution is 5.08. The topological polar surface area (TPSA) is 12.0 Å². The van der Waals surface area contributed by atoms with Crippen LogP contribution in [0.3, 0.4) is 0 Å². The molecule has 70 valence electrons. The van der Waals surface area contributed by atoms with Crippen LogP contribution >= 0.6 is 0 Å². The van der Waals surface area contributed by atoms with Gasteiger partial charge in [-0.15, -0.1) is 6.42 Å². The fourth-order valence-electron chi connectivity index (χ4n) is 1.28. The van der Waals surface area contributed by atoms with Crippen LogP contribution in [0, 0.1) is 12.3 Å². The van der Waals surface area contributed by atoms with E-state index in [0.717, 1.165) is 6.42 Å². The summed E-state index contributed by atoms with van der Waals surface area (Å²) in [5.74, 6) is 2.75. The van der Waals surface area contributed by atoms with Gasteiger partial charge in [-0.1, -0.05) is 26.2 Å². The highest BCUT2D eigenvalue weighted by Crippen LogP contribution is 2.07. The van der Waals surface area contributed by atoms with E-state index in [2.05, 4.69) is 25.1 Å². The minimum atomic E-state index is -0.157. The van der Waals surface area contributed by atoms with E-state index in [0.29, 0.717) is 6.04 Å². The van der Waals surface area contributed by atoms with Gasteiger partial charge in [0.25, 0.3) is 0 Å². The van der Waals surface area contributed by atoms with Crippen molar-refractivity contribution in [3.05, 3.63) is 0 Å². The van der Waals surface area contributed by atoms with E-state index in [1.54, 1.807) is 0 Å². The van der Waals surface area contributed by atoms with Crippen LogP contribution in [-0.4, -0.2) is 11.6 Å². The molecule has 1 N–H and O–H groups in total. The second-order valence-corrected chi connectivity index (χ2v) is 3.81. The molecule has 0 saturated carbocycles. The van der Waals surface area contributed by atoms with Gasteiger partial charge in [-0.2, -0.15) is 0 Å². The Labute approximate surface area is 76.9 Å². The Bertz CT molecular complexity index is 153. The fourth-order valence-corrected chi connectivity index (χ4v) is 1.28. The summed E-state index contributed by atoms with van der Waals surface area (Å²) >= 11 is 0. The lowest BCUT2D eigenvalue weighted by Gasteiger charge is -2.26. The second-order valence-electron chi connectivity index (χ2n) is 3.81. The van der Waals surface area contributed by atoms with Crippen LogP contribution in [0.5, 0.6) is 0 Å². The third kappa shape index (κ3) is 4.41. The molecule has 0 saturated heterocycles. The molecule has 0 aromatic carbocycles. The molecule has 12 heavy (non-hydrogen) atoms. The van der Waals surface area contributed by atoms with Gasteiger partial charge < -0.3 is 0 Å². The molecule has 0 aliphatic rings. The van der Waals surface area contributed by atoms with Gasteiger partial charge in [0.05, 0.1) is 5.54 Å². The summed E-state index contributed by atoms with van der Waals surface area (Å²) in [5, 5.41) is 3.46. The van der Waals surface area contributed by atoms with Crippen molar-refractivity contribution in [2.45, 2.75) is 58.5 Å². The largest absolute Gasteiger partial charge is 0.299 e. The lowest BCUT2D eigenvalue weighted by Crippen LogP contribution is -2.44. The van der Waals surface area contributed by atoms with E-state index in [4.69, 9.17) is 6.42 Å². The summed E-state index contributed by atoms with van der Waals surface area (Å²) in [5.41, 5.74) is -0.157. The molecule has 1 atom stereocenters. The van der Waals surface area contributed by atoms with E-state index >= 15 is 0 Å². The third-order valence-electron chi connectivity index (χ3n) is 2.06. The Hall–Kier alpha value is -0.480. The highest BCUT2D eigenvalue weighted by atomic mass is 15.0. The quantitative estimate of drug-likeness (QED) is 0.621. The van der Waals surface area contributed by atoms with E-state index in [9.17, 15) is 0 Å². The van der Waals surface area contributed by atoms with Crippen LogP contribution in [0.1, 0.15) is 47.0 Å². The molecular weight excluding hydrogens is 146 g/mol. The van der Waals surface area contributed by atoms with Crippen LogP contribution in [0.15, 0.2) is 0 Å². The molecule has 0 amide bonds. The van der Waals surface area contributed by atoms with Gasteiger partial charge in [-0.25, -0.2) is 0 Å². The Kier molecular flexibility index (Phi) is 5.01. The Morgan fingerprint density at radius 3 is 2.33 bits per heavy atom. The highest BCUT2D eigenvalue weighted by Gasteiger charge is 2.17. The Morgan fingerprint density at radius 1 is 1.42 bits per heavy atom. The standard InChI is InChI=1S/C11H21N/c1-6-9-10(7-2)12-11(4,5)8-3/h3,10,12H,6-7,9H2,1-2,4-5H3. The van der Waals surface area contributed by atoms with Crippen molar-refractivity contribution in [2.24, 2.45) is 0 Å². The fraction of sp³-hybridized carbons (Fsp3) is 0.818. The zero-order chi connectivity index (χ0) is 9.61. The molecular formula is C11H21N. The predicted octanol–water partition coefficient (Wildman–Crippen LogP) is 2.57. The van der Waals surface area contributed by atoms with Crippen LogP contribution in [0.2, 0.25) is 0 Å². The van der Waals surface area contributed by atoms with Gasteiger partial charge in [0.2, 0.25) is 0 Å². The number of terminal acetylenes is 1. The van der Waals surface area contributed by atoms with Crippen LogP contribution in [0.4, 0.5) is 0 Å². The minimum Gasteiger partial charge on any atom is -0.299 e. The molecule has 0 rings (SSSR count). The van der Waals surface area contributed by atoms with Gasteiger partial charge in [0.15, 0.2) is 0 Å². The molecule has 0 aliphatic heterocycles. The first kappa shape index (κ1) is 11.5. The zero-order valence-corrected chi connectivity index (χ0v) is 8.78. The van der Waals surface area contributed by atoms with Crippen LogP contribution in [0.25, 0.3) is 0 Å². The molecule has 0 aliphatic carbocycles. The van der Waals surface area contributed by atoms with Gasteiger partial charge >= 0.3 is 0 Å². The van der Waals surface area contributed by atoms with E-state index < -0.39 is 0 Å². The summed E-state index contributed by atoms with van der Waals surface area (Å²) < 4.78 is 0. The van der Waals surface area contributed by atoms with Gasteiger partial charge in [-0.05, 0) is 26.7 Å². The number of hydrogen-bond donors (Lipinski definition) is 1. The van der Waals surface area contributed by atoms with Crippen LogP contribution < -0.4 is 5.32 Å². The summed E-state index contributed by atoms with van der Waals surface area (Å²) in [4.78, 5) is 0. The summed E-state index contributed by atoms with van der Waals surface area (Å²) in [6, 6.07) is 0.570. The molecule has 0 bridgehead atoms. The first-order valence-corrected chi connectivity index (χ1v) is 4.81. The first-order chi connectivity index (χ1) is 5.55. The smallest absolute Gasteiger partial charge is 0.0743 e. The van der Waals surface area contributed by atoms with Gasteiger partial charge in [0, 0.05) is 6.04 Å². The lowest BCUT2D eigenvalue weighted by molar-refractivity contribution is 0.376. The molecule has 0 aromatic heterocycles. The molecule has 1 heteroatoms. The SMILES string of the molecule is C#CC(C)(C)NC(CC)CCC. The van der Waals surface area contributed by atoms with E-state index in [1.165, 1.54) is 12.8 Å². The molecule has 0 spiro atoms. The molecule has 1 unspecified atom stereocenters. The van der Waals surface area contributed by atoms with Crippen molar-refractivity contribution in [1.82, 2.24) is 5.32 Å². The van der Waals surface area contributed by atoms with Gasteiger partial charge in [-0.3, -0.25) is 5.32 Å². The van der Waals surface area contributed by atoms with E-state index in [-0.39, 0.29) is 5.54 Å². The maximum Gasteiger partial charge on any atom is 0.0743 e. The Morgan fingerprint density at radius 2 is 2.00 bits per heavy atom. The van der Waals surface area contributed by atoms with Crippen molar-refractivity contribution in [3.8, 4) is 12.3 Å². The van der Waals surface area contributed by atoms with Crippen LogP contribution in [-0.2, 0) is 0 Å². The summed E-state index contributed by atoms with van der Waals surface area (Å²) in [6.07, 6.45) is 8.97. The average Bonchev–Trinajstić information content (AvgIpc) is 2.03. The van der Waals surface area contributed by atoms with Crippen molar-refractivity contribution < 1.29 is 0 Å². The lowest BCUT2D eigenvalue weighted by atomic mass is 10.0. The van der Waals surface area contributed by atoms with Crippen molar-refractivity contribution in [3.63, 3.8) is 0 Å². The molecule has 0 radical (unpaired) electrons. The maximum absolute atomic E-state index is 5.39. The first-order valence-electron chi connectivity index (χ1n) is 4.81. The van der Waals surface area contributed by atoms with Crippen molar-refractivity contribution >= 4 is 0 Å². The normalized spacial score (nSPS) is 13.9. The van der Waals surface area contributed by atoms with Crippen molar-refractivity contribution in [1.29, 1.82) is 0 Å².